The number of halogens is 4. The van der Waals surface area contributed by atoms with Crippen molar-refractivity contribution in [2.75, 3.05) is 5.32 Å². The molecule has 4 aromatic rings. The van der Waals surface area contributed by atoms with Crippen molar-refractivity contribution in [2.24, 2.45) is 7.05 Å². The second kappa shape index (κ2) is 8.59. The van der Waals surface area contributed by atoms with Crippen molar-refractivity contribution in [1.29, 1.82) is 0 Å². The maximum absolute atomic E-state index is 13.5. The number of benzene rings is 2. The van der Waals surface area contributed by atoms with E-state index in [4.69, 9.17) is 7.85 Å². The van der Waals surface area contributed by atoms with Gasteiger partial charge < -0.3 is 9.88 Å². The zero-order valence-electron chi connectivity index (χ0n) is 18.5. The maximum atomic E-state index is 13.5. The maximum Gasteiger partial charge on any atom is 0.418 e. The molecule has 0 aliphatic carbocycles. The molecule has 4 rings (SSSR count). The Balaban J connectivity index is 1.88. The molecule has 0 spiro atoms. The number of fused-ring (bicyclic) bond motifs is 1. The molecular formula is C24H19BF4N4O. The number of hydrogen-bond donors (Lipinski definition) is 1. The van der Waals surface area contributed by atoms with Crippen LogP contribution in [0.4, 0.5) is 23.2 Å². The Morgan fingerprint density at radius 2 is 1.74 bits per heavy atom. The fourth-order valence-electron chi connectivity index (χ4n) is 3.98. The normalized spacial score (nSPS) is 12.7. The third-order valence-electron chi connectivity index (χ3n) is 5.63. The van der Waals surface area contributed by atoms with Crippen LogP contribution in [0.1, 0.15) is 29.7 Å². The first kappa shape index (κ1) is 23.5. The van der Waals surface area contributed by atoms with Crippen LogP contribution in [0.3, 0.4) is 0 Å². The van der Waals surface area contributed by atoms with Crippen LogP contribution in [0.2, 0.25) is 0 Å². The molecule has 2 aromatic heterocycles. The summed E-state index contributed by atoms with van der Waals surface area (Å²) in [6.07, 6.45) is -1.75. The molecule has 172 valence electrons. The smallest absolute Gasteiger partial charge is 0.378 e. The van der Waals surface area contributed by atoms with Crippen LogP contribution in [0, 0.1) is 12.7 Å². The van der Waals surface area contributed by atoms with Gasteiger partial charge in [0, 0.05) is 42.1 Å². The molecule has 0 aliphatic heterocycles. The first-order valence-corrected chi connectivity index (χ1v) is 10.3. The number of nitrogens with zero attached hydrogens (tertiary/aromatic N) is 3. The molecule has 5 nitrogen and oxygen atoms in total. The number of rotatable bonds is 4. The zero-order chi connectivity index (χ0) is 24.8. The summed E-state index contributed by atoms with van der Waals surface area (Å²) >= 11 is 0. The van der Waals surface area contributed by atoms with Crippen LogP contribution >= 0.6 is 0 Å². The van der Waals surface area contributed by atoms with Gasteiger partial charge in [0.05, 0.1) is 17.0 Å². The minimum absolute atomic E-state index is 0.0865. The molecule has 0 amide bonds. The van der Waals surface area contributed by atoms with Crippen LogP contribution in [-0.2, 0) is 13.2 Å². The van der Waals surface area contributed by atoms with Gasteiger partial charge in [-0.3, -0.25) is 14.8 Å². The van der Waals surface area contributed by atoms with Gasteiger partial charge in [0.25, 0.3) is 5.56 Å². The highest BCUT2D eigenvalue weighted by Gasteiger charge is 2.34. The SMILES string of the molecule is [B]c1ncc(-c2cc3c(C(C)Nc4ccc(F)cc4C(F)(F)F)cc(C)cc3c(=O)n2C)cn1. The highest BCUT2D eigenvalue weighted by atomic mass is 19.4. The number of anilines is 1. The summed E-state index contributed by atoms with van der Waals surface area (Å²) < 4.78 is 55.5. The quantitative estimate of drug-likeness (QED) is 0.357. The zero-order valence-corrected chi connectivity index (χ0v) is 18.5. The summed E-state index contributed by atoms with van der Waals surface area (Å²) in [6.45, 7) is 3.48. The highest BCUT2D eigenvalue weighted by Crippen LogP contribution is 2.37. The lowest BCUT2D eigenvalue weighted by molar-refractivity contribution is -0.137. The molecule has 1 unspecified atom stereocenters. The van der Waals surface area contributed by atoms with Gasteiger partial charge in [0.15, 0.2) is 7.85 Å². The molecule has 34 heavy (non-hydrogen) atoms. The fraction of sp³-hybridized carbons (Fsp3) is 0.208. The van der Waals surface area contributed by atoms with Gasteiger partial charge >= 0.3 is 6.18 Å². The second-order valence-corrected chi connectivity index (χ2v) is 8.09. The first-order valence-electron chi connectivity index (χ1n) is 10.3. The average molecular weight is 466 g/mol. The summed E-state index contributed by atoms with van der Waals surface area (Å²) in [6, 6.07) is 7.15. The lowest BCUT2D eigenvalue weighted by Crippen LogP contribution is -2.21. The number of hydrogen-bond acceptors (Lipinski definition) is 4. The van der Waals surface area contributed by atoms with Crippen molar-refractivity contribution in [3.05, 3.63) is 81.7 Å². The molecule has 1 atom stereocenters. The molecule has 10 heteroatoms. The van der Waals surface area contributed by atoms with Gasteiger partial charge in [-0.25, -0.2) is 4.39 Å². The van der Waals surface area contributed by atoms with Gasteiger partial charge in [-0.15, -0.1) is 0 Å². The molecule has 0 saturated carbocycles. The van der Waals surface area contributed by atoms with Crippen molar-refractivity contribution in [3.8, 4) is 11.3 Å². The Morgan fingerprint density at radius 3 is 2.38 bits per heavy atom. The summed E-state index contributed by atoms with van der Waals surface area (Å²) in [5, 5.41) is 3.83. The molecule has 0 aliphatic rings. The Labute approximate surface area is 193 Å². The van der Waals surface area contributed by atoms with Crippen molar-refractivity contribution in [1.82, 2.24) is 14.5 Å². The van der Waals surface area contributed by atoms with Crippen LogP contribution in [0.5, 0.6) is 0 Å². The minimum atomic E-state index is -4.74. The van der Waals surface area contributed by atoms with Crippen LogP contribution in [-0.4, -0.2) is 22.4 Å². The van der Waals surface area contributed by atoms with E-state index >= 15 is 0 Å². The van der Waals surface area contributed by atoms with E-state index in [1.807, 2.05) is 0 Å². The molecule has 0 fully saturated rings. The number of nitrogens with one attached hydrogen (secondary N) is 1. The van der Waals surface area contributed by atoms with Gasteiger partial charge in [-0.05, 0) is 60.7 Å². The van der Waals surface area contributed by atoms with E-state index in [1.165, 1.54) is 17.0 Å². The summed E-state index contributed by atoms with van der Waals surface area (Å²) in [7, 11) is 7.18. The predicted molar refractivity (Wildman–Crippen MR) is 124 cm³/mol. The Kier molecular flexibility index (Phi) is 5.93. The first-order chi connectivity index (χ1) is 16.0. The monoisotopic (exact) mass is 466 g/mol. The van der Waals surface area contributed by atoms with E-state index in [2.05, 4.69) is 15.3 Å². The van der Waals surface area contributed by atoms with Gasteiger partial charge in [-0.1, -0.05) is 6.07 Å². The van der Waals surface area contributed by atoms with Crippen molar-refractivity contribution < 1.29 is 17.6 Å². The summed E-state index contributed by atoms with van der Waals surface area (Å²) in [5.41, 5.74) is 0.907. The lowest BCUT2D eigenvalue weighted by atomic mass is 9.96. The van der Waals surface area contributed by atoms with E-state index in [0.717, 1.165) is 17.7 Å². The molecular weight excluding hydrogens is 447 g/mol. The Bertz CT molecular complexity index is 1450. The van der Waals surface area contributed by atoms with Crippen LogP contribution < -0.4 is 16.6 Å². The van der Waals surface area contributed by atoms with Crippen LogP contribution in [0.25, 0.3) is 22.0 Å². The third kappa shape index (κ3) is 4.40. The Hall–Kier alpha value is -3.69. The topological polar surface area (TPSA) is 59.8 Å². The fourth-order valence-corrected chi connectivity index (χ4v) is 3.98. The van der Waals surface area contributed by atoms with Crippen molar-refractivity contribution in [3.63, 3.8) is 0 Å². The highest BCUT2D eigenvalue weighted by molar-refractivity contribution is 6.28. The van der Waals surface area contributed by atoms with Crippen molar-refractivity contribution in [2.45, 2.75) is 26.1 Å². The number of pyridine rings is 1. The minimum Gasteiger partial charge on any atom is -0.378 e. The summed E-state index contributed by atoms with van der Waals surface area (Å²) in [4.78, 5) is 21.1. The van der Waals surface area contributed by atoms with E-state index in [0.29, 0.717) is 33.7 Å². The van der Waals surface area contributed by atoms with E-state index in [-0.39, 0.29) is 17.0 Å². The van der Waals surface area contributed by atoms with E-state index in [9.17, 15) is 22.4 Å². The van der Waals surface area contributed by atoms with Gasteiger partial charge in [0.2, 0.25) is 0 Å². The third-order valence-corrected chi connectivity index (χ3v) is 5.63. The number of aromatic nitrogens is 3. The van der Waals surface area contributed by atoms with E-state index < -0.39 is 23.6 Å². The second-order valence-electron chi connectivity index (χ2n) is 8.09. The molecule has 0 saturated heterocycles. The lowest BCUT2D eigenvalue weighted by Gasteiger charge is -2.22. The van der Waals surface area contributed by atoms with Gasteiger partial charge in [0.1, 0.15) is 5.82 Å². The van der Waals surface area contributed by atoms with Gasteiger partial charge in [-0.2, -0.15) is 13.2 Å². The molecule has 2 aromatic carbocycles. The molecule has 1 N–H and O–H groups in total. The average Bonchev–Trinajstić information content (AvgIpc) is 2.77. The standard InChI is InChI=1S/C24H19BF4N4O/c1-12-6-16(13(2)32-20-5-4-15(26)8-19(20)24(27,28)29)17-9-21(14-10-30-23(25)31-11-14)33(3)22(34)18(17)7-12/h4-11,13,32H,1-3H3. The van der Waals surface area contributed by atoms with Crippen LogP contribution in [0.15, 0.2) is 53.6 Å². The molecule has 2 heterocycles. The Morgan fingerprint density at radius 1 is 1.06 bits per heavy atom. The largest absolute Gasteiger partial charge is 0.418 e. The molecule has 0 bridgehead atoms. The molecule has 2 radical (unpaired) electrons. The summed E-state index contributed by atoms with van der Waals surface area (Å²) in [5.74, 6) is -0.981. The van der Waals surface area contributed by atoms with E-state index in [1.54, 1.807) is 39.1 Å². The number of alkyl halides is 3. The number of aryl methyl sites for hydroxylation is 1. The van der Waals surface area contributed by atoms with Crippen molar-refractivity contribution >= 4 is 30.0 Å². The predicted octanol–water partition coefficient (Wildman–Crippen LogP) is 4.43.